The molecule has 0 aromatic rings. The summed E-state index contributed by atoms with van der Waals surface area (Å²) in [7, 11) is 0. The number of carbonyl (C=O) groups excluding carboxylic acids is 2. The molecule has 0 aliphatic heterocycles. The van der Waals surface area contributed by atoms with Gasteiger partial charge in [0.2, 0.25) is 0 Å². The van der Waals surface area contributed by atoms with Gasteiger partial charge in [0.15, 0.2) is 6.10 Å². The van der Waals surface area contributed by atoms with E-state index in [4.69, 9.17) is 9.47 Å². The number of aliphatic hydroxyl groups excluding tert-OH is 1. The molecule has 0 rings (SSSR count). The van der Waals surface area contributed by atoms with E-state index in [1.807, 2.05) is 0 Å². The van der Waals surface area contributed by atoms with E-state index in [-0.39, 0.29) is 25.2 Å². The molecule has 0 bridgehead atoms. The van der Waals surface area contributed by atoms with E-state index in [1.165, 1.54) is 57.8 Å². The highest BCUT2D eigenvalue weighted by Gasteiger charge is 2.16. The molecule has 0 aliphatic rings. The lowest BCUT2D eigenvalue weighted by Gasteiger charge is -2.15. The number of allylic oxidation sites excluding steroid dienone is 10. The highest BCUT2D eigenvalue weighted by molar-refractivity contribution is 5.70. The van der Waals surface area contributed by atoms with Crippen molar-refractivity contribution in [3.8, 4) is 0 Å². The third kappa shape index (κ3) is 34.5. The Bertz CT molecular complexity index is 823. The lowest BCUT2D eigenvalue weighted by Crippen LogP contribution is -2.28. The maximum atomic E-state index is 12.1. The number of rotatable bonds is 33. The number of hydrogen-bond donors (Lipinski definition) is 1. The van der Waals surface area contributed by atoms with Gasteiger partial charge in [-0.2, -0.15) is 0 Å². The summed E-state index contributed by atoms with van der Waals surface area (Å²) < 4.78 is 10.6. The Balaban J connectivity index is 3.66. The van der Waals surface area contributed by atoms with Gasteiger partial charge in [-0.1, -0.05) is 132 Å². The number of hydrogen-bond acceptors (Lipinski definition) is 5. The predicted octanol–water partition coefficient (Wildman–Crippen LogP) is 11.6. The SMILES string of the molecule is CCCCC/C=C\C/C=C\C/C=C\CCCCCCC(=O)OC[C@H](CO)OC(=O)CCCCCCC/C=C\C/C=C\CCCCC. The van der Waals surface area contributed by atoms with Crippen molar-refractivity contribution >= 4 is 11.9 Å². The number of esters is 2. The van der Waals surface area contributed by atoms with E-state index in [0.29, 0.717) is 12.8 Å². The zero-order chi connectivity index (χ0) is 33.6. The molecule has 0 amide bonds. The molecule has 0 spiro atoms. The molecule has 0 heterocycles. The lowest BCUT2D eigenvalue weighted by molar-refractivity contribution is -0.161. The summed E-state index contributed by atoms with van der Waals surface area (Å²) in [6.45, 7) is 4.03. The summed E-state index contributed by atoms with van der Waals surface area (Å²) in [5.41, 5.74) is 0. The first-order valence-corrected chi connectivity index (χ1v) is 18.8. The number of unbranched alkanes of at least 4 members (excludes halogenated alkanes) is 15. The van der Waals surface area contributed by atoms with Crippen molar-refractivity contribution in [2.45, 2.75) is 174 Å². The minimum Gasteiger partial charge on any atom is -0.462 e. The number of ether oxygens (including phenoxy) is 2. The van der Waals surface area contributed by atoms with Gasteiger partial charge in [0.1, 0.15) is 6.61 Å². The van der Waals surface area contributed by atoms with Crippen LogP contribution in [0.3, 0.4) is 0 Å². The second kappa shape index (κ2) is 37.1. The molecule has 1 N–H and O–H groups in total. The third-order valence-electron chi connectivity index (χ3n) is 7.78. The van der Waals surface area contributed by atoms with E-state index in [2.05, 4.69) is 74.6 Å². The van der Waals surface area contributed by atoms with Gasteiger partial charge < -0.3 is 14.6 Å². The van der Waals surface area contributed by atoms with Crippen molar-refractivity contribution in [2.24, 2.45) is 0 Å². The van der Waals surface area contributed by atoms with Crippen LogP contribution in [0.1, 0.15) is 168 Å². The van der Waals surface area contributed by atoms with Crippen LogP contribution < -0.4 is 0 Å². The predicted molar refractivity (Wildman–Crippen MR) is 196 cm³/mol. The van der Waals surface area contributed by atoms with Crippen LogP contribution in [0.15, 0.2) is 60.8 Å². The summed E-state index contributed by atoms with van der Waals surface area (Å²) in [5.74, 6) is -0.637. The van der Waals surface area contributed by atoms with Crippen molar-refractivity contribution in [1.82, 2.24) is 0 Å². The van der Waals surface area contributed by atoms with Crippen LogP contribution >= 0.6 is 0 Å². The fraction of sp³-hybridized carbons (Fsp3) is 0.707. The minimum absolute atomic E-state index is 0.0856. The van der Waals surface area contributed by atoms with Crippen LogP contribution in [-0.2, 0) is 19.1 Å². The minimum atomic E-state index is -0.789. The standard InChI is InChI=1S/C41H70O5/c1-3-5-7-9-11-13-15-17-19-20-22-23-25-27-29-31-33-35-40(43)45-38-39(37-42)46-41(44)36-34-32-30-28-26-24-21-18-16-14-12-10-8-6-4-2/h11-14,17-19,21-23,39,42H,3-10,15-16,20,24-38H2,1-2H3/b13-11-,14-12-,19-17-,21-18-,23-22-/t39-/m0/s1. The summed E-state index contributed by atoms with van der Waals surface area (Å²) >= 11 is 0. The summed E-state index contributed by atoms with van der Waals surface area (Å²) in [4.78, 5) is 24.2. The number of carbonyl (C=O) groups is 2. The van der Waals surface area contributed by atoms with Crippen LogP contribution in [0.2, 0.25) is 0 Å². The fourth-order valence-corrected chi connectivity index (χ4v) is 4.88. The van der Waals surface area contributed by atoms with Gasteiger partial charge in [-0.3, -0.25) is 9.59 Å². The Hall–Kier alpha value is -2.40. The molecule has 0 aromatic heterocycles. The first kappa shape index (κ1) is 43.6. The van der Waals surface area contributed by atoms with Crippen LogP contribution in [-0.4, -0.2) is 36.4 Å². The Morgan fingerprint density at radius 3 is 1.30 bits per heavy atom. The van der Waals surface area contributed by atoms with Gasteiger partial charge in [-0.05, 0) is 83.5 Å². The highest BCUT2D eigenvalue weighted by atomic mass is 16.6. The zero-order valence-electron chi connectivity index (χ0n) is 29.8. The van der Waals surface area contributed by atoms with E-state index >= 15 is 0 Å². The van der Waals surface area contributed by atoms with E-state index in [1.54, 1.807) is 0 Å². The van der Waals surface area contributed by atoms with Crippen molar-refractivity contribution < 1.29 is 24.2 Å². The molecule has 0 aromatic carbocycles. The second-order valence-electron chi connectivity index (χ2n) is 12.3. The molecule has 0 fully saturated rings. The van der Waals surface area contributed by atoms with Crippen LogP contribution in [0.5, 0.6) is 0 Å². The van der Waals surface area contributed by atoms with Gasteiger partial charge in [0.25, 0.3) is 0 Å². The molecule has 0 saturated carbocycles. The molecule has 46 heavy (non-hydrogen) atoms. The largest absolute Gasteiger partial charge is 0.462 e. The topological polar surface area (TPSA) is 72.8 Å². The highest BCUT2D eigenvalue weighted by Crippen LogP contribution is 2.11. The lowest BCUT2D eigenvalue weighted by atomic mass is 10.1. The normalized spacial score (nSPS) is 12.8. The molecular weight excluding hydrogens is 572 g/mol. The summed E-state index contributed by atoms with van der Waals surface area (Å²) in [6.07, 6.45) is 47.0. The number of aliphatic hydroxyl groups is 1. The van der Waals surface area contributed by atoms with Crippen molar-refractivity contribution in [3.63, 3.8) is 0 Å². The van der Waals surface area contributed by atoms with Crippen molar-refractivity contribution in [1.29, 1.82) is 0 Å². The molecule has 264 valence electrons. The first-order chi connectivity index (χ1) is 22.6. The fourth-order valence-electron chi connectivity index (χ4n) is 4.88. The summed E-state index contributed by atoms with van der Waals surface area (Å²) in [6, 6.07) is 0. The Morgan fingerprint density at radius 1 is 0.500 bits per heavy atom. The van der Waals surface area contributed by atoms with Gasteiger partial charge in [0.05, 0.1) is 6.61 Å². The van der Waals surface area contributed by atoms with E-state index in [0.717, 1.165) is 83.5 Å². The van der Waals surface area contributed by atoms with Crippen LogP contribution in [0, 0.1) is 0 Å². The zero-order valence-corrected chi connectivity index (χ0v) is 29.8. The third-order valence-corrected chi connectivity index (χ3v) is 7.78. The monoisotopic (exact) mass is 643 g/mol. The quantitative estimate of drug-likeness (QED) is 0.0438. The Kier molecular flexibility index (Phi) is 35.1. The molecule has 5 heteroatoms. The van der Waals surface area contributed by atoms with Crippen molar-refractivity contribution in [2.75, 3.05) is 13.2 Å². The Morgan fingerprint density at radius 2 is 0.870 bits per heavy atom. The van der Waals surface area contributed by atoms with Crippen molar-refractivity contribution in [3.05, 3.63) is 60.8 Å². The molecule has 1 atom stereocenters. The smallest absolute Gasteiger partial charge is 0.306 e. The average Bonchev–Trinajstić information content (AvgIpc) is 3.06. The van der Waals surface area contributed by atoms with Gasteiger partial charge in [-0.15, -0.1) is 0 Å². The maximum absolute atomic E-state index is 12.1. The maximum Gasteiger partial charge on any atom is 0.306 e. The molecule has 0 radical (unpaired) electrons. The van der Waals surface area contributed by atoms with Gasteiger partial charge >= 0.3 is 11.9 Å². The first-order valence-electron chi connectivity index (χ1n) is 18.8. The van der Waals surface area contributed by atoms with E-state index < -0.39 is 6.10 Å². The molecule has 5 nitrogen and oxygen atoms in total. The van der Waals surface area contributed by atoms with Crippen LogP contribution in [0.25, 0.3) is 0 Å². The second-order valence-corrected chi connectivity index (χ2v) is 12.3. The molecule has 0 unspecified atom stereocenters. The average molecular weight is 643 g/mol. The van der Waals surface area contributed by atoms with E-state index in [9.17, 15) is 14.7 Å². The molecular formula is C41H70O5. The Labute approximate surface area is 283 Å². The van der Waals surface area contributed by atoms with Gasteiger partial charge in [-0.25, -0.2) is 0 Å². The van der Waals surface area contributed by atoms with Crippen LogP contribution in [0.4, 0.5) is 0 Å². The van der Waals surface area contributed by atoms with Gasteiger partial charge in [0, 0.05) is 12.8 Å². The molecule has 0 saturated heterocycles. The summed E-state index contributed by atoms with van der Waals surface area (Å²) in [5, 5.41) is 9.53. The molecule has 0 aliphatic carbocycles.